The highest BCUT2D eigenvalue weighted by atomic mass is 79.9. The quantitative estimate of drug-likeness (QED) is 0.841. The highest BCUT2D eigenvalue weighted by Crippen LogP contribution is 2.29. The highest BCUT2D eigenvalue weighted by molar-refractivity contribution is 9.10. The van der Waals surface area contributed by atoms with E-state index in [0.29, 0.717) is 0 Å². The smallest absolute Gasteiger partial charge is 0.137 e. The minimum Gasteiger partial charge on any atom is -0.373 e. The highest BCUT2D eigenvalue weighted by Gasteiger charge is 2.19. The predicted octanol–water partition coefficient (Wildman–Crippen LogP) is 4.12. The molecule has 0 saturated heterocycles. The molecule has 0 atom stereocenters. The molecule has 0 aliphatic carbocycles. The SMILES string of the molecule is CNc1cc(Sc2ccc(Br)cn2)nc(C(C)(C)C)n1. The van der Waals surface area contributed by atoms with Gasteiger partial charge in [0.25, 0.3) is 0 Å². The first-order chi connectivity index (χ1) is 9.38. The first-order valence-electron chi connectivity index (χ1n) is 6.25. The van der Waals surface area contributed by atoms with Crippen molar-refractivity contribution in [1.29, 1.82) is 0 Å². The van der Waals surface area contributed by atoms with E-state index in [1.54, 1.807) is 6.20 Å². The number of anilines is 1. The summed E-state index contributed by atoms with van der Waals surface area (Å²) in [4.78, 5) is 13.5. The summed E-state index contributed by atoms with van der Waals surface area (Å²) in [6.07, 6.45) is 1.78. The maximum absolute atomic E-state index is 4.63. The van der Waals surface area contributed by atoms with Gasteiger partial charge in [-0.25, -0.2) is 15.0 Å². The van der Waals surface area contributed by atoms with Crippen molar-refractivity contribution in [2.45, 2.75) is 36.2 Å². The lowest BCUT2D eigenvalue weighted by Crippen LogP contribution is -2.17. The Morgan fingerprint density at radius 2 is 1.90 bits per heavy atom. The normalized spacial score (nSPS) is 11.4. The molecule has 0 unspecified atom stereocenters. The van der Waals surface area contributed by atoms with E-state index in [9.17, 15) is 0 Å². The zero-order chi connectivity index (χ0) is 14.8. The molecule has 0 aliphatic heterocycles. The Morgan fingerprint density at radius 1 is 1.15 bits per heavy atom. The summed E-state index contributed by atoms with van der Waals surface area (Å²) in [5, 5.41) is 4.89. The van der Waals surface area contributed by atoms with Crippen LogP contribution in [0.4, 0.5) is 5.82 Å². The van der Waals surface area contributed by atoms with Crippen molar-refractivity contribution in [3.8, 4) is 0 Å². The largest absolute Gasteiger partial charge is 0.373 e. The molecule has 0 spiro atoms. The van der Waals surface area contributed by atoms with E-state index in [1.807, 2.05) is 25.2 Å². The van der Waals surface area contributed by atoms with Gasteiger partial charge in [-0.1, -0.05) is 20.8 Å². The molecular weight excluding hydrogens is 336 g/mol. The third-order valence-electron chi connectivity index (χ3n) is 2.54. The second-order valence-electron chi connectivity index (χ2n) is 5.33. The molecule has 4 nitrogen and oxygen atoms in total. The van der Waals surface area contributed by atoms with Crippen LogP contribution in [0, 0.1) is 0 Å². The molecule has 0 bridgehead atoms. The Bertz CT molecular complexity index is 593. The van der Waals surface area contributed by atoms with Gasteiger partial charge in [0.2, 0.25) is 0 Å². The lowest BCUT2D eigenvalue weighted by Gasteiger charge is -2.18. The zero-order valence-corrected chi connectivity index (χ0v) is 14.3. The number of nitrogens with zero attached hydrogens (tertiary/aromatic N) is 3. The fourth-order valence-corrected chi connectivity index (χ4v) is 2.46. The van der Waals surface area contributed by atoms with Gasteiger partial charge in [-0.3, -0.25) is 0 Å². The van der Waals surface area contributed by atoms with E-state index in [2.05, 4.69) is 57.0 Å². The summed E-state index contributed by atoms with van der Waals surface area (Å²) in [6, 6.07) is 5.87. The standard InChI is InChI=1S/C14H17BrN4S/c1-14(2,3)13-18-10(16-4)7-12(19-13)20-11-6-5-9(15)8-17-11/h5-8H,1-4H3,(H,16,18,19). The van der Waals surface area contributed by atoms with Crippen LogP contribution in [0.25, 0.3) is 0 Å². The number of halogens is 1. The fourth-order valence-electron chi connectivity index (χ4n) is 1.47. The summed E-state index contributed by atoms with van der Waals surface area (Å²) in [5.74, 6) is 1.65. The van der Waals surface area contributed by atoms with E-state index in [4.69, 9.17) is 0 Å². The van der Waals surface area contributed by atoms with E-state index in [1.165, 1.54) is 11.8 Å². The molecule has 0 aliphatic rings. The zero-order valence-electron chi connectivity index (χ0n) is 11.9. The van der Waals surface area contributed by atoms with Crippen molar-refractivity contribution in [1.82, 2.24) is 15.0 Å². The molecule has 2 aromatic heterocycles. The minimum atomic E-state index is -0.0880. The Balaban J connectivity index is 2.33. The summed E-state index contributed by atoms with van der Waals surface area (Å²) in [6.45, 7) is 6.32. The van der Waals surface area contributed by atoms with Crippen LogP contribution >= 0.6 is 27.7 Å². The number of hydrogen-bond donors (Lipinski definition) is 1. The Labute approximate surface area is 132 Å². The lowest BCUT2D eigenvalue weighted by atomic mass is 9.96. The van der Waals surface area contributed by atoms with Crippen molar-refractivity contribution >= 4 is 33.5 Å². The van der Waals surface area contributed by atoms with Gasteiger partial charge < -0.3 is 5.32 Å². The van der Waals surface area contributed by atoms with Gasteiger partial charge in [0.15, 0.2) is 0 Å². The molecule has 20 heavy (non-hydrogen) atoms. The van der Waals surface area contributed by atoms with Gasteiger partial charge in [-0.2, -0.15) is 0 Å². The van der Waals surface area contributed by atoms with Crippen LogP contribution in [0.15, 0.2) is 38.9 Å². The Kier molecular flexibility index (Phi) is 4.65. The van der Waals surface area contributed by atoms with Crippen molar-refractivity contribution < 1.29 is 0 Å². The predicted molar refractivity (Wildman–Crippen MR) is 86.3 cm³/mol. The van der Waals surface area contributed by atoms with Crippen molar-refractivity contribution in [3.05, 3.63) is 34.7 Å². The van der Waals surface area contributed by atoms with E-state index in [0.717, 1.165) is 26.2 Å². The van der Waals surface area contributed by atoms with Gasteiger partial charge in [0.05, 0.1) is 0 Å². The van der Waals surface area contributed by atoms with Crippen LogP contribution in [0.1, 0.15) is 26.6 Å². The number of nitrogens with one attached hydrogen (secondary N) is 1. The Hall–Kier alpha value is -1.14. The first kappa shape index (κ1) is 15.3. The van der Waals surface area contributed by atoms with Crippen molar-refractivity contribution in [2.75, 3.05) is 12.4 Å². The molecular formula is C14H17BrN4S. The summed E-state index contributed by atoms with van der Waals surface area (Å²) in [5.41, 5.74) is -0.0880. The second kappa shape index (κ2) is 6.10. The van der Waals surface area contributed by atoms with Gasteiger partial charge in [0, 0.05) is 29.2 Å². The number of hydrogen-bond acceptors (Lipinski definition) is 5. The van der Waals surface area contributed by atoms with Crippen LogP contribution in [-0.4, -0.2) is 22.0 Å². The van der Waals surface area contributed by atoms with Crippen LogP contribution in [0.3, 0.4) is 0 Å². The third kappa shape index (κ3) is 3.93. The van der Waals surface area contributed by atoms with Gasteiger partial charge in [-0.15, -0.1) is 0 Å². The molecule has 2 heterocycles. The molecule has 0 radical (unpaired) electrons. The first-order valence-corrected chi connectivity index (χ1v) is 7.86. The van der Waals surface area contributed by atoms with Crippen LogP contribution in [-0.2, 0) is 5.41 Å². The minimum absolute atomic E-state index is 0.0880. The molecule has 0 fully saturated rings. The number of rotatable bonds is 3. The molecule has 2 aromatic rings. The summed E-state index contributed by atoms with van der Waals surface area (Å²) >= 11 is 4.92. The maximum Gasteiger partial charge on any atom is 0.137 e. The second-order valence-corrected chi connectivity index (χ2v) is 7.29. The molecule has 106 valence electrons. The van der Waals surface area contributed by atoms with E-state index in [-0.39, 0.29) is 5.41 Å². The molecule has 0 amide bonds. The van der Waals surface area contributed by atoms with Crippen LogP contribution < -0.4 is 5.32 Å². The lowest BCUT2D eigenvalue weighted by molar-refractivity contribution is 0.539. The monoisotopic (exact) mass is 352 g/mol. The van der Waals surface area contributed by atoms with Crippen LogP contribution in [0.5, 0.6) is 0 Å². The maximum atomic E-state index is 4.63. The average molecular weight is 353 g/mol. The van der Waals surface area contributed by atoms with Crippen LogP contribution in [0.2, 0.25) is 0 Å². The third-order valence-corrected chi connectivity index (χ3v) is 3.88. The van der Waals surface area contributed by atoms with Gasteiger partial charge in [-0.05, 0) is 39.8 Å². The summed E-state index contributed by atoms with van der Waals surface area (Å²) < 4.78 is 0.968. The number of aromatic nitrogens is 3. The molecule has 6 heteroatoms. The molecule has 0 saturated carbocycles. The van der Waals surface area contributed by atoms with Crippen molar-refractivity contribution in [3.63, 3.8) is 0 Å². The van der Waals surface area contributed by atoms with E-state index < -0.39 is 0 Å². The molecule has 2 rings (SSSR count). The number of pyridine rings is 1. The van der Waals surface area contributed by atoms with Gasteiger partial charge in [0.1, 0.15) is 21.7 Å². The fraction of sp³-hybridized carbons (Fsp3) is 0.357. The van der Waals surface area contributed by atoms with Crippen molar-refractivity contribution in [2.24, 2.45) is 0 Å². The molecule has 0 aromatic carbocycles. The van der Waals surface area contributed by atoms with Gasteiger partial charge >= 0.3 is 0 Å². The Morgan fingerprint density at radius 3 is 2.45 bits per heavy atom. The van der Waals surface area contributed by atoms with E-state index >= 15 is 0 Å². The topological polar surface area (TPSA) is 50.7 Å². The summed E-state index contributed by atoms with van der Waals surface area (Å²) in [7, 11) is 1.86. The molecule has 1 N–H and O–H groups in total. The average Bonchev–Trinajstić information content (AvgIpc) is 2.40.